The van der Waals surface area contributed by atoms with E-state index in [1.165, 1.54) is 29.7 Å². The van der Waals surface area contributed by atoms with E-state index in [0.717, 1.165) is 21.1 Å². The molecule has 2 amide bonds. The molecule has 0 radical (unpaired) electrons. The highest BCUT2D eigenvalue weighted by Crippen LogP contribution is 2.32. The number of carbonyl (C=O) groups excluding carboxylic acids is 2. The van der Waals surface area contributed by atoms with E-state index in [9.17, 15) is 14.0 Å². The number of carbonyl (C=O) groups is 2. The van der Waals surface area contributed by atoms with Crippen molar-refractivity contribution in [3.05, 3.63) is 94.6 Å². The van der Waals surface area contributed by atoms with Gasteiger partial charge in [0.15, 0.2) is 5.76 Å². The van der Waals surface area contributed by atoms with Crippen molar-refractivity contribution in [3.8, 4) is 10.6 Å². The first-order valence-electron chi connectivity index (χ1n) is 9.90. The molecule has 0 aliphatic carbocycles. The van der Waals surface area contributed by atoms with Crippen molar-refractivity contribution in [3.63, 3.8) is 0 Å². The van der Waals surface area contributed by atoms with Crippen LogP contribution in [0.25, 0.3) is 10.6 Å². The smallest absolute Gasteiger partial charge is 0.291 e. The van der Waals surface area contributed by atoms with Gasteiger partial charge in [-0.15, -0.1) is 11.3 Å². The molecule has 2 N–H and O–H groups in total. The Morgan fingerprint density at radius 2 is 1.75 bits per heavy atom. The van der Waals surface area contributed by atoms with Gasteiger partial charge in [-0.1, -0.05) is 0 Å². The zero-order valence-electron chi connectivity index (χ0n) is 17.4. The zero-order valence-corrected chi connectivity index (χ0v) is 18.2. The number of halogens is 1. The first kappa shape index (κ1) is 21.5. The van der Waals surface area contributed by atoms with Crippen LogP contribution >= 0.6 is 11.3 Å². The van der Waals surface area contributed by atoms with Gasteiger partial charge in [0.25, 0.3) is 11.8 Å². The van der Waals surface area contributed by atoms with E-state index in [4.69, 9.17) is 4.42 Å². The summed E-state index contributed by atoms with van der Waals surface area (Å²) in [5, 5.41) is 6.46. The topological polar surface area (TPSA) is 84.2 Å². The van der Waals surface area contributed by atoms with Crippen molar-refractivity contribution in [2.45, 2.75) is 19.9 Å². The minimum Gasteiger partial charge on any atom is -0.459 e. The summed E-state index contributed by atoms with van der Waals surface area (Å²) in [4.78, 5) is 30.2. The number of nitrogens with one attached hydrogen (secondary N) is 2. The van der Waals surface area contributed by atoms with Crippen LogP contribution in [0.4, 0.5) is 10.1 Å². The molecule has 1 atom stereocenters. The minimum atomic E-state index is -0.363. The SMILES string of the molecule is Cc1nc(-c2ccc(F)cc2)sc1C(C)NC(=O)c1ccc(NC(=O)c2ccco2)cc1. The molecule has 4 rings (SSSR count). The van der Waals surface area contributed by atoms with Crippen LogP contribution in [0.15, 0.2) is 71.3 Å². The molecule has 1 unspecified atom stereocenters. The maximum absolute atomic E-state index is 13.2. The number of aryl methyl sites for hydroxylation is 1. The Balaban J connectivity index is 1.41. The Bertz CT molecular complexity index is 1230. The van der Waals surface area contributed by atoms with Crippen LogP contribution in [0.2, 0.25) is 0 Å². The molecular formula is C24H20FN3O3S. The van der Waals surface area contributed by atoms with E-state index in [1.54, 1.807) is 48.5 Å². The number of aromatic nitrogens is 1. The fourth-order valence-corrected chi connectivity index (χ4v) is 4.25. The molecule has 2 aromatic heterocycles. The largest absolute Gasteiger partial charge is 0.459 e. The van der Waals surface area contributed by atoms with E-state index < -0.39 is 0 Å². The summed E-state index contributed by atoms with van der Waals surface area (Å²) in [6.07, 6.45) is 1.43. The average Bonchev–Trinajstić information content (AvgIpc) is 3.45. The van der Waals surface area contributed by atoms with Crippen LogP contribution in [0.5, 0.6) is 0 Å². The van der Waals surface area contributed by atoms with Crippen molar-refractivity contribution >= 4 is 28.8 Å². The van der Waals surface area contributed by atoms with E-state index in [2.05, 4.69) is 15.6 Å². The fourth-order valence-electron chi connectivity index (χ4n) is 3.18. The summed E-state index contributed by atoms with van der Waals surface area (Å²) in [7, 11) is 0. The summed E-state index contributed by atoms with van der Waals surface area (Å²) < 4.78 is 18.2. The van der Waals surface area contributed by atoms with E-state index >= 15 is 0 Å². The third-order valence-corrected chi connectivity index (χ3v) is 6.20. The second-order valence-electron chi connectivity index (χ2n) is 7.18. The number of hydrogen-bond donors (Lipinski definition) is 2. The molecule has 8 heteroatoms. The number of thiazole rings is 1. The van der Waals surface area contributed by atoms with Gasteiger partial charge >= 0.3 is 0 Å². The van der Waals surface area contributed by atoms with Gasteiger partial charge in [0, 0.05) is 16.8 Å². The monoisotopic (exact) mass is 449 g/mol. The van der Waals surface area contributed by atoms with Gasteiger partial charge in [-0.25, -0.2) is 9.37 Å². The second-order valence-corrected chi connectivity index (χ2v) is 8.21. The molecule has 0 aliphatic heterocycles. The molecule has 0 aliphatic rings. The van der Waals surface area contributed by atoms with Gasteiger partial charge in [-0.2, -0.15) is 0 Å². The number of amides is 2. The lowest BCUT2D eigenvalue weighted by Crippen LogP contribution is -2.26. The summed E-state index contributed by atoms with van der Waals surface area (Å²) in [5.74, 6) is -0.689. The number of benzene rings is 2. The Morgan fingerprint density at radius 3 is 2.41 bits per heavy atom. The van der Waals surface area contributed by atoms with Crippen LogP contribution in [-0.2, 0) is 0 Å². The number of nitrogens with zero attached hydrogens (tertiary/aromatic N) is 1. The number of furan rings is 1. The fraction of sp³-hybridized carbons (Fsp3) is 0.125. The number of anilines is 1. The first-order chi connectivity index (χ1) is 15.4. The van der Waals surface area contributed by atoms with E-state index in [-0.39, 0.29) is 29.4 Å². The molecule has 32 heavy (non-hydrogen) atoms. The van der Waals surface area contributed by atoms with Gasteiger partial charge in [0.1, 0.15) is 10.8 Å². The maximum atomic E-state index is 13.2. The van der Waals surface area contributed by atoms with Gasteiger partial charge in [0.05, 0.1) is 22.9 Å². The maximum Gasteiger partial charge on any atom is 0.291 e. The Kier molecular flexibility index (Phi) is 6.13. The lowest BCUT2D eigenvalue weighted by Gasteiger charge is -2.13. The molecule has 2 heterocycles. The van der Waals surface area contributed by atoms with Gasteiger partial charge < -0.3 is 15.1 Å². The number of hydrogen-bond acceptors (Lipinski definition) is 5. The Labute approximate surface area is 188 Å². The van der Waals surface area contributed by atoms with Crippen LogP contribution in [0, 0.1) is 12.7 Å². The van der Waals surface area contributed by atoms with Crippen molar-refractivity contribution in [2.75, 3.05) is 5.32 Å². The quantitative estimate of drug-likeness (QED) is 0.402. The lowest BCUT2D eigenvalue weighted by molar-refractivity contribution is 0.0939. The Hall–Kier alpha value is -3.78. The van der Waals surface area contributed by atoms with Crippen molar-refractivity contribution in [1.29, 1.82) is 0 Å². The normalized spacial score (nSPS) is 11.7. The molecule has 4 aromatic rings. The molecular weight excluding hydrogens is 429 g/mol. The second kappa shape index (κ2) is 9.15. The molecule has 0 bridgehead atoms. The van der Waals surface area contributed by atoms with Crippen LogP contribution in [0.3, 0.4) is 0 Å². The van der Waals surface area contributed by atoms with Crippen LogP contribution in [-0.4, -0.2) is 16.8 Å². The Morgan fingerprint density at radius 1 is 1.03 bits per heavy atom. The summed E-state index contributed by atoms with van der Waals surface area (Å²) in [5.41, 5.74) is 2.67. The highest BCUT2D eigenvalue weighted by molar-refractivity contribution is 7.15. The first-order valence-corrected chi connectivity index (χ1v) is 10.7. The van der Waals surface area contributed by atoms with Gasteiger partial charge in [-0.3, -0.25) is 9.59 Å². The zero-order chi connectivity index (χ0) is 22.7. The molecule has 162 valence electrons. The molecule has 2 aromatic carbocycles. The van der Waals surface area contributed by atoms with Crippen LogP contribution < -0.4 is 10.6 Å². The highest BCUT2D eigenvalue weighted by atomic mass is 32.1. The third kappa shape index (κ3) is 4.76. The van der Waals surface area contributed by atoms with E-state index in [0.29, 0.717) is 11.3 Å². The molecule has 6 nitrogen and oxygen atoms in total. The number of rotatable bonds is 6. The molecule has 0 spiro atoms. The van der Waals surface area contributed by atoms with Gasteiger partial charge in [-0.05, 0) is 74.5 Å². The summed E-state index contributed by atoms with van der Waals surface area (Å²) in [6, 6.07) is 15.7. The van der Waals surface area contributed by atoms with Crippen molar-refractivity contribution in [1.82, 2.24) is 10.3 Å². The predicted molar refractivity (Wildman–Crippen MR) is 121 cm³/mol. The highest BCUT2D eigenvalue weighted by Gasteiger charge is 2.18. The van der Waals surface area contributed by atoms with Crippen LogP contribution in [0.1, 0.15) is 44.4 Å². The van der Waals surface area contributed by atoms with Crippen molar-refractivity contribution in [2.24, 2.45) is 0 Å². The summed E-state index contributed by atoms with van der Waals surface area (Å²) in [6.45, 7) is 3.78. The average molecular weight is 450 g/mol. The third-order valence-electron chi connectivity index (χ3n) is 4.81. The predicted octanol–water partition coefficient (Wildman–Crippen LogP) is 5.59. The molecule has 0 saturated heterocycles. The van der Waals surface area contributed by atoms with Crippen molar-refractivity contribution < 1.29 is 18.4 Å². The lowest BCUT2D eigenvalue weighted by atomic mass is 10.1. The van der Waals surface area contributed by atoms with E-state index in [1.807, 2.05) is 13.8 Å². The minimum absolute atomic E-state index is 0.209. The molecule has 0 saturated carbocycles. The molecule has 0 fully saturated rings. The standard InChI is InChI=1S/C24H20FN3O3S/c1-14(21-15(2)27-24(32-21)17-5-9-18(25)10-6-17)26-22(29)16-7-11-19(12-8-16)28-23(30)20-4-3-13-31-20/h3-14H,1-2H3,(H,26,29)(H,28,30). The van der Waals surface area contributed by atoms with Gasteiger partial charge in [0.2, 0.25) is 0 Å². The summed E-state index contributed by atoms with van der Waals surface area (Å²) >= 11 is 1.47.